The van der Waals surface area contributed by atoms with Crippen molar-refractivity contribution >= 4 is 33.5 Å². The second-order valence-electron chi connectivity index (χ2n) is 7.15. The molecule has 5 rings (SSSR count). The van der Waals surface area contributed by atoms with E-state index in [0.717, 1.165) is 27.5 Å². The Morgan fingerprint density at radius 1 is 1.06 bits per heavy atom. The van der Waals surface area contributed by atoms with Gasteiger partial charge in [-0.3, -0.25) is 4.79 Å². The molecule has 0 spiro atoms. The third kappa shape index (κ3) is 3.48. The summed E-state index contributed by atoms with van der Waals surface area (Å²) in [6, 6.07) is 19.1. The quantitative estimate of drug-likeness (QED) is 0.464. The number of furan rings is 1. The van der Waals surface area contributed by atoms with Gasteiger partial charge < -0.3 is 14.5 Å². The SMILES string of the molecule is COc1cc2c(cc1NC(=O)Cn1nnc(-c3ccccc3C)n1)oc1ccccc12. The highest BCUT2D eigenvalue weighted by Gasteiger charge is 2.16. The number of anilines is 1. The van der Waals surface area contributed by atoms with E-state index in [1.54, 1.807) is 13.2 Å². The molecule has 8 heteroatoms. The molecule has 2 aromatic heterocycles. The normalized spacial score (nSPS) is 11.2. The van der Waals surface area contributed by atoms with Gasteiger partial charge in [-0.25, -0.2) is 0 Å². The molecule has 0 aliphatic rings. The second kappa shape index (κ2) is 7.56. The number of ether oxygens (including phenoxy) is 1. The lowest BCUT2D eigenvalue weighted by atomic mass is 10.1. The average Bonchev–Trinajstić information content (AvgIpc) is 3.37. The van der Waals surface area contributed by atoms with E-state index in [2.05, 4.69) is 20.7 Å². The molecule has 2 heterocycles. The number of hydrogen-bond acceptors (Lipinski definition) is 6. The lowest BCUT2D eigenvalue weighted by molar-refractivity contribution is -0.117. The molecule has 0 aliphatic carbocycles. The van der Waals surface area contributed by atoms with Crippen LogP contribution >= 0.6 is 0 Å². The minimum atomic E-state index is -0.303. The summed E-state index contributed by atoms with van der Waals surface area (Å²) in [6.45, 7) is 1.89. The standard InChI is InChI=1S/C23H19N5O3/c1-14-7-3-4-8-15(14)23-25-27-28(26-23)13-22(29)24-18-12-20-17(11-21(18)30-2)16-9-5-6-10-19(16)31-20/h3-12H,13H2,1-2H3,(H,24,29). The summed E-state index contributed by atoms with van der Waals surface area (Å²) in [5.41, 5.74) is 3.87. The van der Waals surface area contributed by atoms with E-state index in [9.17, 15) is 4.79 Å². The van der Waals surface area contributed by atoms with Crippen molar-refractivity contribution < 1.29 is 13.9 Å². The maximum atomic E-state index is 12.6. The first-order valence-electron chi connectivity index (χ1n) is 9.75. The van der Waals surface area contributed by atoms with Crippen LogP contribution in [0.3, 0.4) is 0 Å². The molecule has 0 fully saturated rings. The third-order valence-corrected chi connectivity index (χ3v) is 5.10. The van der Waals surface area contributed by atoms with E-state index in [1.165, 1.54) is 4.80 Å². The molecule has 3 aromatic carbocycles. The highest BCUT2D eigenvalue weighted by molar-refractivity contribution is 6.07. The van der Waals surface area contributed by atoms with Crippen LogP contribution < -0.4 is 10.1 Å². The first-order chi connectivity index (χ1) is 15.1. The number of fused-ring (bicyclic) bond motifs is 3. The minimum absolute atomic E-state index is 0.0831. The second-order valence-corrected chi connectivity index (χ2v) is 7.15. The fourth-order valence-corrected chi connectivity index (χ4v) is 3.58. The summed E-state index contributed by atoms with van der Waals surface area (Å²) >= 11 is 0. The number of carbonyl (C=O) groups excluding carboxylic acids is 1. The number of tetrazole rings is 1. The van der Waals surface area contributed by atoms with E-state index >= 15 is 0 Å². The smallest absolute Gasteiger partial charge is 0.248 e. The number of nitrogens with zero attached hydrogens (tertiary/aromatic N) is 4. The predicted molar refractivity (Wildman–Crippen MR) is 117 cm³/mol. The zero-order valence-electron chi connectivity index (χ0n) is 17.0. The maximum Gasteiger partial charge on any atom is 0.248 e. The van der Waals surface area contributed by atoms with Gasteiger partial charge in [0.15, 0.2) is 0 Å². The lowest BCUT2D eigenvalue weighted by Crippen LogP contribution is -2.20. The van der Waals surface area contributed by atoms with Crippen molar-refractivity contribution in [2.45, 2.75) is 13.5 Å². The number of aryl methyl sites for hydroxylation is 1. The predicted octanol–water partition coefficient (Wildman–Crippen LogP) is 4.20. The van der Waals surface area contributed by atoms with Crippen LogP contribution in [0.2, 0.25) is 0 Å². The van der Waals surface area contributed by atoms with Crippen LogP contribution in [-0.4, -0.2) is 33.2 Å². The Hall–Kier alpha value is -4.20. The van der Waals surface area contributed by atoms with Crippen LogP contribution in [0, 0.1) is 6.92 Å². The first kappa shape index (κ1) is 18.8. The number of benzene rings is 3. The third-order valence-electron chi connectivity index (χ3n) is 5.10. The Morgan fingerprint density at radius 3 is 2.71 bits per heavy atom. The van der Waals surface area contributed by atoms with E-state index in [4.69, 9.17) is 9.15 Å². The summed E-state index contributed by atoms with van der Waals surface area (Å²) in [7, 11) is 1.56. The van der Waals surface area contributed by atoms with E-state index in [1.807, 2.05) is 61.5 Å². The van der Waals surface area contributed by atoms with Gasteiger partial charge in [0.1, 0.15) is 23.5 Å². The fraction of sp³-hybridized carbons (Fsp3) is 0.130. The number of carbonyl (C=O) groups is 1. The Labute approximate surface area is 177 Å². The summed E-state index contributed by atoms with van der Waals surface area (Å²) in [5, 5.41) is 17.2. The number of methoxy groups -OCH3 is 1. The van der Waals surface area contributed by atoms with Gasteiger partial charge in [0.2, 0.25) is 11.7 Å². The Bertz CT molecular complexity index is 1420. The van der Waals surface area contributed by atoms with Gasteiger partial charge in [0.25, 0.3) is 0 Å². The van der Waals surface area contributed by atoms with Crippen LogP contribution in [0.25, 0.3) is 33.3 Å². The summed E-state index contributed by atoms with van der Waals surface area (Å²) in [4.78, 5) is 13.9. The molecule has 154 valence electrons. The molecule has 0 aliphatic heterocycles. The Balaban J connectivity index is 1.39. The van der Waals surface area contributed by atoms with Crippen molar-refractivity contribution in [3.05, 3.63) is 66.2 Å². The molecule has 1 N–H and O–H groups in total. The van der Waals surface area contributed by atoms with Gasteiger partial charge in [-0.05, 0) is 29.8 Å². The van der Waals surface area contributed by atoms with Crippen molar-refractivity contribution in [1.29, 1.82) is 0 Å². The van der Waals surface area contributed by atoms with Gasteiger partial charge in [-0.2, -0.15) is 4.80 Å². The molecule has 1 amide bonds. The van der Waals surface area contributed by atoms with Crippen LogP contribution in [0.4, 0.5) is 5.69 Å². The molecule has 5 aromatic rings. The van der Waals surface area contributed by atoms with Crippen molar-refractivity contribution in [3.63, 3.8) is 0 Å². The molecule has 0 radical (unpaired) electrons. The number of aromatic nitrogens is 4. The maximum absolute atomic E-state index is 12.6. The van der Waals surface area contributed by atoms with Crippen LogP contribution in [0.1, 0.15) is 5.56 Å². The van der Waals surface area contributed by atoms with Crippen LogP contribution in [0.5, 0.6) is 5.75 Å². The van der Waals surface area contributed by atoms with E-state index in [0.29, 0.717) is 22.8 Å². The molecule has 8 nitrogen and oxygen atoms in total. The van der Waals surface area contributed by atoms with Crippen LogP contribution in [-0.2, 0) is 11.3 Å². The van der Waals surface area contributed by atoms with Gasteiger partial charge in [0, 0.05) is 22.4 Å². The van der Waals surface area contributed by atoms with Gasteiger partial charge in [-0.1, -0.05) is 42.5 Å². The minimum Gasteiger partial charge on any atom is -0.495 e. The molecule has 31 heavy (non-hydrogen) atoms. The Morgan fingerprint density at radius 2 is 1.87 bits per heavy atom. The summed E-state index contributed by atoms with van der Waals surface area (Å²) in [6.07, 6.45) is 0. The zero-order valence-corrected chi connectivity index (χ0v) is 17.0. The van der Waals surface area contributed by atoms with Gasteiger partial charge >= 0.3 is 0 Å². The summed E-state index contributed by atoms with van der Waals surface area (Å²) in [5.74, 6) is 0.717. The van der Waals surface area contributed by atoms with E-state index in [-0.39, 0.29) is 12.5 Å². The highest BCUT2D eigenvalue weighted by atomic mass is 16.5. The van der Waals surface area contributed by atoms with Crippen molar-refractivity contribution in [1.82, 2.24) is 20.2 Å². The number of hydrogen-bond donors (Lipinski definition) is 1. The molecule has 0 atom stereocenters. The topological polar surface area (TPSA) is 95.1 Å². The van der Waals surface area contributed by atoms with Gasteiger partial charge in [-0.15, -0.1) is 10.2 Å². The lowest BCUT2D eigenvalue weighted by Gasteiger charge is -2.10. The van der Waals surface area contributed by atoms with Crippen molar-refractivity contribution in [2.75, 3.05) is 12.4 Å². The molecular formula is C23H19N5O3. The largest absolute Gasteiger partial charge is 0.495 e. The van der Waals surface area contributed by atoms with Crippen LogP contribution in [0.15, 0.2) is 65.1 Å². The van der Waals surface area contributed by atoms with E-state index < -0.39 is 0 Å². The number of para-hydroxylation sites is 1. The number of rotatable bonds is 5. The zero-order chi connectivity index (χ0) is 21.4. The number of nitrogens with one attached hydrogen (secondary N) is 1. The number of amides is 1. The molecule has 0 saturated carbocycles. The molecule has 0 saturated heterocycles. The first-order valence-corrected chi connectivity index (χ1v) is 9.75. The fourth-order valence-electron chi connectivity index (χ4n) is 3.58. The highest BCUT2D eigenvalue weighted by Crippen LogP contribution is 2.36. The average molecular weight is 413 g/mol. The summed E-state index contributed by atoms with van der Waals surface area (Å²) < 4.78 is 11.4. The monoisotopic (exact) mass is 413 g/mol. The molecule has 0 unspecified atom stereocenters. The molecular weight excluding hydrogens is 394 g/mol. The Kier molecular flexibility index (Phi) is 4.59. The van der Waals surface area contributed by atoms with Crippen molar-refractivity contribution in [2.24, 2.45) is 0 Å². The van der Waals surface area contributed by atoms with Crippen molar-refractivity contribution in [3.8, 4) is 17.1 Å². The van der Waals surface area contributed by atoms with Gasteiger partial charge in [0.05, 0.1) is 12.8 Å². The molecule has 0 bridgehead atoms.